The molecule has 0 bridgehead atoms. The molecule has 192 valence electrons. The highest BCUT2D eigenvalue weighted by Crippen LogP contribution is 2.30. The Labute approximate surface area is 225 Å². The summed E-state index contributed by atoms with van der Waals surface area (Å²) < 4.78 is 26.9. The highest BCUT2D eigenvalue weighted by atomic mass is 79.9. The fourth-order valence-corrected chi connectivity index (χ4v) is 5.47. The average Bonchev–Trinajstić information content (AvgIpc) is 2.72. The van der Waals surface area contributed by atoms with E-state index < -0.39 is 34.1 Å². The molecule has 1 atom stereocenters. The summed E-state index contributed by atoms with van der Waals surface area (Å²) >= 11 is 16.1. The van der Waals surface area contributed by atoms with Crippen molar-refractivity contribution in [3.05, 3.63) is 62.5 Å². The predicted molar refractivity (Wildman–Crippen MR) is 145 cm³/mol. The van der Waals surface area contributed by atoms with Gasteiger partial charge in [-0.1, -0.05) is 48.3 Å². The summed E-state index contributed by atoms with van der Waals surface area (Å²) in [5.74, 6) is -0.929. The van der Waals surface area contributed by atoms with Gasteiger partial charge in [0.1, 0.15) is 12.6 Å². The molecular formula is C24H30BrCl2N3O4S. The number of halogens is 3. The largest absolute Gasteiger partial charge is 0.350 e. The van der Waals surface area contributed by atoms with Gasteiger partial charge in [0.05, 0.1) is 11.9 Å². The topological polar surface area (TPSA) is 86.8 Å². The first-order valence-electron chi connectivity index (χ1n) is 10.9. The lowest BCUT2D eigenvalue weighted by molar-refractivity contribution is -0.141. The van der Waals surface area contributed by atoms with Crippen LogP contribution >= 0.6 is 39.1 Å². The number of para-hydroxylation sites is 1. The molecule has 0 heterocycles. The van der Waals surface area contributed by atoms with Crippen LogP contribution in [0, 0.1) is 0 Å². The van der Waals surface area contributed by atoms with Crippen molar-refractivity contribution >= 4 is 66.7 Å². The molecule has 2 aromatic carbocycles. The maximum Gasteiger partial charge on any atom is 0.244 e. The van der Waals surface area contributed by atoms with E-state index in [1.165, 1.54) is 4.90 Å². The van der Waals surface area contributed by atoms with E-state index in [1.54, 1.807) is 49.4 Å². The molecular weight excluding hydrogens is 577 g/mol. The Bertz CT molecular complexity index is 1170. The molecule has 0 fully saturated rings. The van der Waals surface area contributed by atoms with Crippen LogP contribution < -0.4 is 9.62 Å². The minimum absolute atomic E-state index is 0.0685. The Morgan fingerprint density at radius 3 is 2.11 bits per heavy atom. The van der Waals surface area contributed by atoms with Crippen molar-refractivity contribution in [1.82, 2.24) is 10.2 Å². The molecule has 2 rings (SSSR count). The number of sulfonamides is 1. The van der Waals surface area contributed by atoms with E-state index >= 15 is 0 Å². The molecule has 0 aliphatic carbocycles. The molecule has 0 radical (unpaired) electrons. The van der Waals surface area contributed by atoms with Crippen LogP contribution in [0.4, 0.5) is 5.69 Å². The molecule has 0 saturated carbocycles. The summed E-state index contributed by atoms with van der Waals surface area (Å²) in [7, 11) is -3.84. The second kappa shape index (κ2) is 12.0. The standard InChI is InChI=1S/C24H30BrCl2N3O4S/c1-6-20(23(32)28-24(2,3)4)29(14-16-18(26)11-9-12-19(16)27)22(31)15-30(35(5,33)34)21-13-8-7-10-17(21)25/h7-13,20H,6,14-15H2,1-5H3,(H,28,32)/t20-/m0/s1. The molecule has 0 spiro atoms. The normalized spacial score (nSPS) is 12.7. The zero-order valence-corrected chi connectivity index (χ0v) is 24.2. The van der Waals surface area contributed by atoms with Crippen molar-refractivity contribution < 1.29 is 18.0 Å². The summed E-state index contributed by atoms with van der Waals surface area (Å²) in [4.78, 5) is 28.2. The maximum atomic E-state index is 13.7. The van der Waals surface area contributed by atoms with Gasteiger partial charge in [-0.15, -0.1) is 0 Å². The average molecular weight is 607 g/mol. The van der Waals surface area contributed by atoms with Gasteiger partial charge in [0.2, 0.25) is 21.8 Å². The van der Waals surface area contributed by atoms with Crippen LogP contribution in [0.3, 0.4) is 0 Å². The van der Waals surface area contributed by atoms with E-state index in [-0.39, 0.29) is 12.5 Å². The third-order valence-corrected chi connectivity index (χ3v) is 7.58. The van der Waals surface area contributed by atoms with Crippen molar-refractivity contribution in [2.75, 3.05) is 17.1 Å². The van der Waals surface area contributed by atoms with Gasteiger partial charge in [-0.2, -0.15) is 0 Å². The van der Waals surface area contributed by atoms with Crippen LogP contribution in [-0.4, -0.2) is 49.5 Å². The van der Waals surface area contributed by atoms with E-state index in [0.717, 1.165) is 10.6 Å². The third-order valence-electron chi connectivity index (χ3n) is 5.07. The summed E-state index contributed by atoms with van der Waals surface area (Å²) in [6.45, 7) is 6.72. The van der Waals surface area contributed by atoms with Crippen LogP contribution in [0.15, 0.2) is 46.9 Å². The van der Waals surface area contributed by atoms with Crippen molar-refractivity contribution in [2.45, 2.75) is 52.2 Å². The van der Waals surface area contributed by atoms with Gasteiger partial charge >= 0.3 is 0 Å². The van der Waals surface area contributed by atoms with Crippen LogP contribution in [-0.2, 0) is 26.2 Å². The predicted octanol–water partition coefficient (Wildman–Crippen LogP) is 5.24. The Morgan fingerprint density at radius 2 is 1.63 bits per heavy atom. The minimum Gasteiger partial charge on any atom is -0.350 e. The zero-order chi connectivity index (χ0) is 26.6. The molecule has 0 aromatic heterocycles. The number of benzene rings is 2. The zero-order valence-electron chi connectivity index (χ0n) is 20.3. The molecule has 35 heavy (non-hydrogen) atoms. The molecule has 11 heteroatoms. The first-order chi connectivity index (χ1) is 16.2. The maximum absolute atomic E-state index is 13.7. The second-order valence-corrected chi connectivity index (χ2v) is 12.7. The first-order valence-corrected chi connectivity index (χ1v) is 14.3. The number of rotatable bonds is 9. The van der Waals surface area contributed by atoms with Crippen molar-refractivity contribution in [2.24, 2.45) is 0 Å². The van der Waals surface area contributed by atoms with Crippen molar-refractivity contribution in [3.63, 3.8) is 0 Å². The number of hydrogen-bond acceptors (Lipinski definition) is 4. The van der Waals surface area contributed by atoms with E-state index in [2.05, 4.69) is 21.2 Å². The molecule has 0 saturated heterocycles. The molecule has 0 aliphatic rings. The molecule has 2 aromatic rings. The Morgan fingerprint density at radius 1 is 1.06 bits per heavy atom. The second-order valence-electron chi connectivity index (χ2n) is 9.11. The summed E-state index contributed by atoms with van der Waals surface area (Å²) in [6.07, 6.45) is 1.32. The summed E-state index contributed by atoms with van der Waals surface area (Å²) in [5.41, 5.74) is 0.249. The number of hydrogen-bond donors (Lipinski definition) is 1. The fraction of sp³-hybridized carbons (Fsp3) is 0.417. The number of amides is 2. The van der Waals surface area contributed by atoms with E-state index in [1.807, 2.05) is 20.8 Å². The van der Waals surface area contributed by atoms with Gasteiger partial charge < -0.3 is 10.2 Å². The summed E-state index contributed by atoms with van der Waals surface area (Å²) in [6, 6.07) is 10.8. The van der Waals surface area contributed by atoms with Gasteiger partial charge in [0.15, 0.2) is 0 Å². The number of carbonyl (C=O) groups excluding carboxylic acids is 2. The molecule has 0 aliphatic heterocycles. The monoisotopic (exact) mass is 605 g/mol. The van der Waals surface area contributed by atoms with Crippen LogP contribution in [0.25, 0.3) is 0 Å². The lowest BCUT2D eigenvalue weighted by Gasteiger charge is -2.35. The van der Waals surface area contributed by atoms with Gasteiger partial charge in [-0.05, 0) is 67.4 Å². The minimum atomic E-state index is -3.84. The van der Waals surface area contributed by atoms with E-state index in [4.69, 9.17) is 23.2 Å². The van der Waals surface area contributed by atoms with Gasteiger partial charge in [-0.25, -0.2) is 8.42 Å². The van der Waals surface area contributed by atoms with Crippen LogP contribution in [0.1, 0.15) is 39.7 Å². The molecule has 1 N–H and O–H groups in total. The van der Waals surface area contributed by atoms with Gasteiger partial charge in [-0.3, -0.25) is 13.9 Å². The Balaban J connectivity index is 2.54. The lowest BCUT2D eigenvalue weighted by Crippen LogP contribution is -2.55. The molecule has 7 nitrogen and oxygen atoms in total. The smallest absolute Gasteiger partial charge is 0.244 e. The highest BCUT2D eigenvalue weighted by molar-refractivity contribution is 9.10. The molecule has 2 amide bonds. The Hall–Kier alpha value is -1.81. The van der Waals surface area contributed by atoms with Gasteiger partial charge in [0.25, 0.3) is 0 Å². The number of nitrogens with zero attached hydrogens (tertiary/aromatic N) is 2. The SMILES string of the molecule is CC[C@@H](C(=O)NC(C)(C)C)N(Cc1c(Cl)cccc1Cl)C(=O)CN(c1ccccc1Br)S(C)(=O)=O. The molecule has 0 unspecified atom stereocenters. The quantitative estimate of drug-likeness (QED) is 0.423. The summed E-state index contributed by atoms with van der Waals surface area (Å²) in [5, 5.41) is 3.59. The van der Waals surface area contributed by atoms with Crippen LogP contribution in [0.2, 0.25) is 10.0 Å². The Kier molecular flexibility index (Phi) is 10.0. The first kappa shape index (κ1) is 29.4. The lowest BCUT2D eigenvalue weighted by atomic mass is 10.1. The van der Waals surface area contributed by atoms with E-state index in [0.29, 0.717) is 32.2 Å². The number of nitrogens with one attached hydrogen (secondary N) is 1. The third kappa shape index (κ3) is 8.10. The van der Waals surface area contributed by atoms with Crippen molar-refractivity contribution in [3.8, 4) is 0 Å². The van der Waals surface area contributed by atoms with Crippen LogP contribution in [0.5, 0.6) is 0 Å². The van der Waals surface area contributed by atoms with Crippen molar-refractivity contribution in [1.29, 1.82) is 0 Å². The fourth-order valence-electron chi connectivity index (χ4n) is 3.47. The highest BCUT2D eigenvalue weighted by Gasteiger charge is 2.34. The van der Waals surface area contributed by atoms with E-state index in [9.17, 15) is 18.0 Å². The number of carbonyl (C=O) groups is 2. The van der Waals surface area contributed by atoms with Gasteiger partial charge in [0, 0.05) is 32.2 Å². The number of anilines is 1.